The van der Waals surface area contributed by atoms with E-state index in [1.54, 1.807) is 4.90 Å². The zero-order valence-electron chi connectivity index (χ0n) is 12.0. The van der Waals surface area contributed by atoms with Gasteiger partial charge in [0.25, 0.3) is 0 Å². The Labute approximate surface area is 119 Å². The van der Waals surface area contributed by atoms with Crippen LogP contribution in [0.25, 0.3) is 0 Å². The van der Waals surface area contributed by atoms with Crippen molar-refractivity contribution in [2.45, 2.75) is 32.5 Å². The van der Waals surface area contributed by atoms with Crippen LogP contribution in [0.5, 0.6) is 5.75 Å². The van der Waals surface area contributed by atoms with Crippen LogP contribution < -0.4 is 10.5 Å². The summed E-state index contributed by atoms with van der Waals surface area (Å²) in [6, 6.07) is 6.03. The zero-order valence-corrected chi connectivity index (χ0v) is 12.0. The molecule has 0 bridgehead atoms. The van der Waals surface area contributed by atoms with Gasteiger partial charge in [-0.05, 0) is 25.0 Å². The Morgan fingerprint density at radius 3 is 2.60 bits per heavy atom. The lowest BCUT2D eigenvalue weighted by molar-refractivity contribution is -0.141. The van der Waals surface area contributed by atoms with E-state index in [2.05, 4.69) is 0 Å². The third kappa shape index (κ3) is 3.29. The van der Waals surface area contributed by atoms with E-state index in [1.807, 2.05) is 32.0 Å². The van der Waals surface area contributed by atoms with Crippen LogP contribution >= 0.6 is 0 Å². The fourth-order valence-corrected chi connectivity index (χ4v) is 2.28. The fourth-order valence-electron chi connectivity index (χ4n) is 2.28. The minimum absolute atomic E-state index is 0.0359. The molecule has 0 aromatic heterocycles. The van der Waals surface area contributed by atoms with Gasteiger partial charge in [-0.3, -0.25) is 4.79 Å². The van der Waals surface area contributed by atoms with Crippen molar-refractivity contribution in [1.29, 1.82) is 0 Å². The number of hydrogen-bond acceptors (Lipinski definition) is 4. The molecule has 1 aromatic rings. The van der Waals surface area contributed by atoms with Gasteiger partial charge in [0.1, 0.15) is 11.9 Å². The van der Waals surface area contributed by atoms with Crippen LogP contribution in [0.3, 0.4) is 0 Å². The number of likely N-dealkylation sites (tertiary alicyclic amines) is 1. The number of nitrogens with two attached hydrogens (primary N) is 1. The van der Waals surface area contributed by atoms with Crippen molar-refractivity contribution in [2.75, 3.05) is 19.6 Å². The lowest BCUT2D eigenvalue weighted by Gasteiger charge is -2.39. The van der Waals surface area contributed by atoms with Gasteiger partial charge >= 0.3 is 0 Å². The fraction of sp³-hybridized carbons (Fsp3) is 0.533. The van der Waals surface area contributed by atoms with Crippen LogP contribution in [0.1, 0.15) is 17.5 Å². The largest absolute Gasteiger partial charge is 0.486 e. The summed E-state index contributed by atoms with van der Waals surface area (Å²) in [6.07, 6.45) is -0.623. The van der Waals surface area contributed by atoms with Gasteiger partial charge in [0, 0.05) is 6.54 Å². The maximum Gasteiger partial charge on any atom is 0.225 e. The Morgan fingerprint density at radius 2 is 2.05 bits per heavy atom. The normalized spacial score (nSPS) is 16.7. The quantitative estimate of drug-likeness (QED) is 0.827. The molecule has 0 aliphatic carbocycles. The first-order valence-corrected chi connectivity index (χ1v) is 6.90. The van der Waals surface area contributed by atoms with E-state index in [0.29, 0.717) is 13.1 Å². The average Bonchev–Trinajstić information content (AvgIpc) is 2.35. The van der Waals surface area contributed by atoms with Crippen molar-refractivity contribution < 1.29 is 14.6 Å². The van der Waals surface area contributed by atoms with Gasteiger partial charge in [0.2, 0.25) is 5.91 Å². The second-order valence-electron chi connectivity index (χ2n) is 5.35. The highest BCUT2D eigenvalue weighted by Gasteiger charge is 2.33. The second kappa shape index (κ2) is 6.24. The summed E-state index contributed by atoms with van der Waals surface area (Å²) in [5.74, 6) is 0.843. The number of amides is 1. The number of carbonyl (C=O) groups is 1. The summed E-state index contributed by atoms with van der Waals surface area (Å²) < 4.78 is 5.94. The Balaban J connectivity index is 1.84. The molecule has 0 spiro atoms. The van der Waals surface area contributed by atoms with Crippen molar-refractivity contribution in [1.82, 2.24) is 4.90 Å². The molecule has 20 heavy (non-hydrogen) atoms. The molecule has 2 rings (SSSR count). The molecule has 1 heterocycles. The summed E-state index contributed by atoms with van der Waals surface area (Å²) in [7, 11) is 0. The van der Waals surface area contributed by atoms with Gasteiger partial charge in [0.15, 0.2) is 0 Å². The molecular formula is C15H22N2O3. The van der Waals surface area contributed by atoms with E-state index in [0.717, 1.165) is 16.9 Å². The minimum atomic E-state index is -0.749. The van der Waals surface area contributed by atoms with Gasteiger partial charge < -0.3 is 20.5 Å². The van der Waals surface area contributed by atoms with Crippen molar-refractivity contribution >= 4 is 5.91 Å². The monoisotopic (exact) mass is 278 g/mol. The number of para-hydroxylation sites is 1. The average molecular weight is 278 g/mol. The maximum absolute atomic E-state index is 11.8. The maximum atomic E-state index is 11.8. The highest BCUT2D eigenvalue weighted by molar-refractivity contribution is 5.77. The first-order chi connectivity index (χ1) is 9.51. The van der Waals surface area contributed by atoms with E-state index < -0.39 is 6.10 Å². The molecule has 0 radical (unpaired) electrons. The standard InChI is InChI=1S/C15H22N2O3/c1-10-4-3-5-11(2)15(10)20-13-8-17(9-13)14(19)6-12(18)7-16/h3-5,12-13,18H,6-9,16H2,1-2H3/t12-/m0/s1. The van der Waals surface area contributed by atoms with Crippen molar-refractivity contribution in [3.05, 3.63) is 29.3 Å². The predicted octanol–water partition coefficient (Wildman–Crippen LogP) is 0.603. The topological polar surface area (TPSA) is 75.8 Å². The third-order valence-electron chi connectivity index (χ3n) is 3.58. The van der Waals surface area contributed by atoms with E-state index in [-0.39, 0.29) is 25.0 Å². The molecule has 110 valence electrons. The van der Waals surface area contributed by atoms with Crippen LogP contribution in [-0.4, -0.2) is 47.8 Å². The Kier molecular flexibility index (Phi) is 4.62. The first-order valence-electron chi connectivity index (χ1n) is 6.90. The van der Waals surface area contributed by atoms with Gasteiger partial charge in [-0.2, -0.15) is 0 Å². The molecule has 0 saturated carbocycles. The molecule has 1 aromatic carbocycles. The SMILES string of the molecule is Cc1cccc(C)c1OC1CN(C(=O)C[C@H](O)CN)C1. The van der Waals surface area contributed by atoms with E-state index >= 15 is 0 Å². The first kappa shape index (κ1) is 14.8. The Hall–Kier alpha value is -1.59. The van der Waals surface area contributed by atoms with Crippen LogP contribution in [0.15, 0.2) is 18.2 Å². The molecule has 1 amide bonds. The van der Waals surface area contributed by atoms with Gasteiger partial charge in [-0.1, -0.05) is 18.2 Å². The number of rotatable bonds is 5. The number of carbonyl (C=O) groups excluding carboxylic acids is 1. The van der Waals surface area contributed by atoms with Gasteiger partial charge in [-0.15, -0.1) is 0 Å². The molecule has 1 saturated heterocycles. The molecular weight excluding hydrogens is 256 g/mol. The number of benzene rings is 1. The van der Waals surface area contributed by atoms with Gasteiger partial charge in [-0.25, -0.2) is 0 Å². The Morgan fingerprint density at radius 1 is 1.45 bits per heavy atom. The third-order valence-corrected chi connectivity index (χ3v) is 3.58. The summed E-state index contributed by atoms with van der Waals surface area (Å²) >= 11 is 0. The van der Waals surface area contributed by atoms with Crippen LogP contribution in [0.2, 0.25) is 0 Å². The molecule has 5 nitrogen and oxygen atoms in total. The lowest BCUT2D eigenvalue weighted by atomic mass is 10.1. The van der Waals surface area contributed by atoms with Crippen LogP contribution in [0.4, 0.5) is 0 Å². The molecule has 1 fully saturated rings. The van der Waals surface area contributed by atoms with E-state index in [1.165, 1.54) is 0 Å². The number of aliphatic hydroxyl groups excluding tert-OH is 1. The molecule has 1 atom stereocenters. The number of aliphatic hydroxyl groups is 1. The van der Waals surface area contributed by atoms with E-state index in [4.69, 9.17) is 10.5 Å². The second-order valence-corrected chi connectivity index (χ2v) is 5.35. The summed E-state index contributed by atoms with van der Waals surface area (Å²) in [5, 5.41) is 9.37. The number of hydrogen-bond donors (Lipinski definition) is 2. The highest BCUT2D eigenvalue weighted by atomic mass is 16.5. The summed E-state index contributed by atoms with van der Waals surface area (Å²) in [6.45, 7) is 5.29. The summed E-state index contributed by atoms with van der Waals surface area (Å²) in [4.78, 5) is 13.5. The smallest absolute Gasteiger partial charge is 0.225 e. The zero-order chi connectivity index (χ0) is 14.7. The molecule has 3 N–H and O–H groups in total. The van der Waals surface area contributed by atoms with Gasteiger partial charge in [0.05, 0.1) is 25.6 Å². The molecule has 1 aliphatic heterocycles. The molecule has 1 aliphatic rings. The van der Waals surface area contributed by atoms with E-state index in [9.17, 15) is 9.90 Å². The summed E-state index contributed by atoms with van der Waals surface area (Å²) in [5.41, 5.74) is 7.51. The minimum Gasteiger partial charge on any atom is -0.486 e. The van der Waals surface area contributed by atoms with Crippen molar-refractivity contribution in [3.8, 4) is 5.75 Å². The predicted molar refractivity (Wildman–Crippen MR) is 76.6 cm³/mol. The van der Waals surface area contributed by atoms with Crippen molar-refractivity contribution in [3.63, 3.8) is 0 Å². The highest BCUT2D eigenvalue weighted by Crippen LogP contribution is 2.26. The van der Waals surface area contributed by atoms with Crippen LogP contribution in [-0.2, 0) is 4.79 Å². The van der Waals surface area contributed by atoms with Crippen LogP contribution in [0, 0.1) is 13.8 Å². The number of nitrogens with zero attached hydrogens (tertiary/aromatic N) is 1. The molecule has 0 unspecified atom stereocenters. The molecule has 5 heteroatoms. The lowest BCUT2D eigenvalue weighted by Crippen LogP contribution is -2.56. The number of aryl methyl sites for hydroxylation is 2. The van der Waals surface area contributed by atoms with Crippen molar-refractivity contribution in [2.24, 2.45) is 5.73 Å². The Bertz CT molecular complexity index is 464. The number of ether oxygens (including phenoxy) is 1.